The molecule has 3 heteroatoms. The van der Waals surface area contributed by atoms with Crippen LogP contribution in [-0.4, -0.2) is 11.6 Å². The molecular formula is C7H6O2S. The van der Waals surface area contributed by atoms with Crippen LogP contribution in [0.25, 0.3) is 0 Å². The van der Waals surface area contributed by atoms with Crippen molar-refractivity contribution >= 4 is 22.9 Å². The molecule has 1 rings (SSSR count). The third kappa shape index (κ3) is 1.30. The fourth-order valence-electron chi connectivity index (χ4n) is 0.581. The molecule has 0 bridgehead atoms. The zero-order valence-corrected chi connectivity index (χ0v) is 6.27. The molecule has 0 atom stereocenters. The molecule has 0 aromatic carbocycles. The van der Waals surface area contributed by atoms with Gasteiger partial charge in [-0.2, -0.15) is 0 Å². The van der Waals surface area contributed by atoms with Gasteiger partial charge in [0.05, 0.1) is 4.88 Å². The highest BCUT2D eigenvalue weighted by molar-refractivity contribution is 7.13. The van der Waals surface area contributed by atoms with Gasteiger partial charge in [0.1, 0.15) is 0 Å². The standard InChI is InChI=1S/C7H6O2S/c1-5(8)7(9)6-3-2-4-10-6/h2-4H,1H3. The van der Waals surface area contributed by atoms with E-state index in [-0.39, 0.29) is 0 Å². The minimum Gasteiger partial charge on any atom is -0.291 e. The van der Waals surface area contributed by atoms with E-state index < -0.39 is 11.6 Å². The molecule has 0 aliphatic carbocycles. The summed E-state index contributed by atoms with van der Waals surface area (Å²) in [6.45, 7) is 1.28. The normalized spacial score (nSPS) is 9.30. The van der Waals surface area contributed by atoms with Gasteiger partial charge in [-0.3, -0.25) is 9.59 Å². The molecule has 1 aromatic rings. The Hall–Kier alpha value is -0.960. The third-order valence-corrected chi connectivity index (χ3v) is 1.93. The molecule has 0 amide bonds. The van der Waals surface area contributed by atoms with Crippen molar-refractivity contribution in [2.24, 2.45) is 0 Å². The zero-order valence-electron chi connectivity index (χ0n) is 5.46. The first-order chi connectivity index (χ1) is 4.72. The van der Waals surface area contributed by atoms with E-state index in [0.717, 1.165) is 0 Å². The van der Waals surface area contributed by atoms with Gasteiger partial charge in [0.15, 0.2) is 0 Å². The average Bonchev–Trinajstić information content (AvgIpc) is 2.36. The van der Waals surface area contributed by atoms with Crippen LogP contribution >= 0.6 is 11.3 Å². The molecule has 1 heterocycles. The number of hydrogen-bond acceptors (Lipinski definition) is 3. The van der Waals surface area contributed by atoms with E-state index in [1.54, 1.807) is 17.5 Å². The quantitative estimate of drug-likeness (QED) is 0.478. The minimum atomic E-state index is -0.401. The van der Waals surface area contributed by atoms with Crippen LogP contribution in [0.1, 0.15) is 16.6 Å². The number of thiophene rings is 1. The second-order valence-electron chi connectivity index (χ2n) is 1.86. The first-order valence-corrected chi connectivity index (χ1v) is 3.68. The van der Waals surface area contributed by atoms with Crippen LogP contribution in [0.3, 0.4) is 0 Å². The fraction of sp³-hybridized carbons (Fsp3) is 0.143. The van der Waals surface area contributed by atoms with E-state index in [9.17, 15) is 9.59 Å². The van der Waals surface area contributed by atoms with E-state index in [4.69, 9.17) is 0 Å². The molecule has 0 aliphatic heterocycles. The van der Waals surface area contributed by atoms with Gasteiger partial charge in [-0.15, -0.1) is 11.3 Å². The first kappa shape index (κ1) is 7.15. The maximum absolute atomic E-state index is 10.9. The Morgan fingerprint density at radius 1 is 1.50 bits per heavy atom. The predicted octanol–water partition coefficient (Wildman–Crippen LogP) is 1.52. The highest BCUT2D eigenvalue weighted by Crippen LogP contribution is 2.08. The second kappa shape index (κ2) is 2.75. The minimum absolute atomic E-state index is 0.394. The molecule has 0 saturated carbocycles. The van der Waals surface area contributed by atoms with E-state index >= 15 is 0 Å². The number of rotatable bonds is 2. The van der Waals surface area contributed by atoms with Crippen molar-refractivity contribution in [2.75, 3.05) is 0 Å². The van der Waals surface area contributed by atoms with Crippen LogP contribution in [0.2, 0.25) is 0 Å². The molecule has 0 unspecified atom stereocenters. The van der Waals surface area contributed by atoms with Gasteiger partial charge in [0.25, 0.3) is 0 Å². The van der Waals surface area contributed by atoms with Crippen molar-refractivity contribution in [3.8, 4) is 0 Å². The predicted molar refractivity (Wildman–Crippen MR) is 39.3 cm³/mol. The number of carbonyl (C=O) groups is 2. The van der Waals surface area contributed by atoms with Crippen molar-refractivity contribution in [3.05, 3.63) is 22.4 Å². The van der Waals surface area contributed by atoms with Gasteiger partial charge in [-0.1, -0.05) is 6.07 Å². The van der Waals surface area contributed by atoms with Crippen LogP contribution in [0.15, 0.2) is 17.5 Å². The highest BCUT2D eigenvalue weighted by atomic mass is 32.1. The lowest BCUT2D eigenvalue weighted by Gasteiger charge is -1.86. The van der Waals surface area contributed by atoms with E-state index in [1.165, 1.54) is 18.3 Å². The van der Waals surface area contributed by atoms with Gasteiger partial charge < -0.3 is 0 Å². The first-order valence-electron chi connectivity index (χ1n) is 2.80. The summed E-state index contributed by atoms with van der Waals surface area (Å²) in [4.78, 5) is 21.9. The SMILES string of the molecule is CC(=O)C(=O)c1cccs1. The van der Waals surface area contributed by atoms with Gasteiger partial charge >= 0.3 is 0 Å². The van der Waals surface area contributed by atoms with Gasteiger partial charge in [-0.05, 0) is 11.4 Å². The van der Waals surface area contributed by atoms with Gasteiger partial charge in [0, 0.05) is 6.92 Å². The Morgan fingerprint density at radius 3 is 2.60 bits per heavy atom. The maximum atomic E-state index is 10.9. The molecule has 10 heavy (non-hydrogen) atoms. The average molecular weight is 154 g/mol. The third-order valence-electron chi connectivity index (χ3n) is 1.06. The molecule has 1 aromatic heterocycles. The Balaban J connectivity index is 2.88. The highest BCUT2D eigenvalue weighted by Gasteiger charge is 2.10. The summed E-state index contributed by atoms with van der Waals surface area (Å²) >= 11 is 1.29. The van der Waals surface area contributed by atoms with Crippen molar-refractivity contribution in [1.29, 1.82) is 0 Å². The topological polar surface area (TPSA) is 34.1 Å². The molecular weight excluding hydrogens is 148 g/mol. The van der Waals surface area contributed by atoms with Gasteiger partial charge in [-0.25, -0.2) is 0 Å². The van der Waals surface area contributed by atoms with Crippen LogP contribution < -0.4 is 0 Å². The summed E-state index contributed by atoms with van der Waals surface area (Å²) < 4.78 is 0. The zero-order chi connectivity index (χ0) is 7.56. The molecule has 0 radical (unpaired) electrons. The van der Waals surface area contributed by atoms with E-state index in [0.29, 0.717) is 4.88 Å². The summed E-state index contributed by atoms with van der Waals surface area (Å²) in [7, 11) is 0. The second-order valence-corrected chi connectivity index (χ2v) is 2.81. The van der Waals surface area contributed by atoms with Crippen LogP contribution in [0.5, 0.6) is 0 Å². The molecule has 2 nitrogen and oxygen atoms in total. The Morgan fingerprint density at radius 2 is 2.20 bits per heavy atom. The molecule has 52 valence electrons. The summed E-state index contributed by atoms with van der Waals surface area (Å²) in [5.41, 5.74) is 0. The number of carbonyl (C=O) groups excluding carboxylic acids is 2. The Labute approximate surface area is 62.5 Å². The Kier molecular flexibility index (Phi) is 1.97. The Bertz CT molecular complexity index is 249. The summed E-state index contributed by atoms with van der Waals surface area (Å²) in [5.74, 6) is -0.794. The summed E-state index contributed by atoms with van der Waals surface area (Å²) in [6, 6.07) is 3.40. The van der Waals surface area contributed by atoms with Crippen LogP contribution in [0, 0.1) is 0 Å². The molecule has 0 fully saturated rings. The number of Topliss-reactive ketones (excluding diaryl/α,β-unsaturated/α-hetero) is 2. The smallest absolute Gasteiger partial charge is 0.238 e. The van der Waals surface area contributed by atoms with Crippen LogP contribution in [0.4, 0.5) is 0 Å². The van der Waals surface area contributed by atoms with Crippen molar-refractivity contribution in [1.82, 2.24) is 0 Å². The lowest BCUT2D eigenvalue weighted by molar-refractivity contribution is -0.113. The lowest BCUT2D eigenvalue weighted by atomic mass is 10.2. The maximum Gasteiger partial charge on any atom is 0.238 e. The molecule has 0 spiro atoms. The molecule has 0 aliphatic rings. The van der Waals surface area contributed by atoms with E-state index in [1.807, 2.05) is 0 Å². The number of ketones is 2. The summed E-state index contributed by atoms with van der Waals surface area (Å²) in [6.07, 6.45) is 0. The fourth-order valence-corrected chi connectivity index (χ4v) is 1.29. The van der Waals surface area contributed by atoms with Crippen molar-refractivity contribution < 1.29 is 9.59 Å². The van der Waals surface area contributed by atoms with Crippen LogP contribution in [-0.2, 0) is 4.79 Å². The van der Waals surface area contributed by atoms with Crippen molar-refractivity contribution in [2.45, 2.75) is 6.92 Å². The largest absolute Gasteiger partial charge is 0.291 e. The van der Waals surface area contributed by atoms with Gasteiger partial charge in [0.2, 0.25) is 11.6 Å². The van der Waals surface area contributed by atoms with E-state index in [2.05, 4.69) is 0 Å². The summed E-state index contributed by atoms with van der Waals surface area (Å²) in [5, 5.41) is 1.77. The lowest BCUT2D eigenvalue weighted by Crippen LogP contribution is -2.06. The number of hydrogen-bond donors (Lipinski definition) is 0. The molecule has 0 N–H and O–H groups in total. The molecule has 0 saturated heterocycles. The monoisotopic (exact) mass is 154 g/mol. The van der Waals surface area contributed by atoms with Crippen molar-refractivity contribution in [3.63, 3.8) is 0 Å².